The standard InChI is InChI=1S/C13H12ClN3O2/c1-9-5-11(17(2)16-9)7-19-13-4-3-10(15-8-18)6-12(13)14/h3-6H,7H2,1-2H3. The van der Waals surface area contributed by atoms with Crippen LogP contribution in [0.4, 0.5) is 5.69 Å². The maximum absolute atomic E-state index is 10.1. The summed E-state index contributed by atoms with van der Waals surface area (Å²) in [6.45, 7) is 2.29. The number of hydrogen-bond donors (Lipinski definition) is 0. The Morgan fingerprint density at radius 3 is 2.84 bits per heavy atom. The van der Waals surface area contributed by atoms with Crippen molar-refractivity contribution >= 4 is 23.4 Å². The molecule has 1 aromatic carbocycles. The molecule has 5 nitrogen and oxygen atoms in total. The van der Waals surface area contributed by atoms with Crippen LogP contribution in [0.25, 0.3) is 0 Å². The van der Waals surface area contributed by atoms with Crippen molar-refractivity contribution in [3.63, 3.8) is 0 Å². The highest BCUT2D eigenvalue weighted by atomic mass is 35.5. The number of carbonyl (C=O) groups excluding carboxylic acids is 1. The molecule has 0 aliphatic heterocycles. The van der Waals surface area contributed by atoms with Crippen LogP contribution in [0.15, 0.2) is 29.3 Å². The van der Waals surface area contributed by atoms with Gasteiger partial charge in [0.05, 0.1) is 22.1 Å². The zero-order valence-electron chi connectivity index (χ0n) is 10.6. The number of aliphatic imine (C=N–C) groups is 1. The Labute approximate surface area is 115 Å². The number of nitrogens with zero attached hydrogens (tertiary/aromatic N) is 3. The minimum Gasteiger partial charge on any atom is -0.486 e. The lowest BCUT2D eigenvalue weighted by Gasteiger charge is -2.08. The van der Waals surface area contributed by atoms with Crippen LogP contribution in [0.5, 0.6) is 5.75 Å². The van der Waals surface area contributed by atoms with Crippen molar-refractivity contribution in [1.29, 1.82) is 0 Å². The number of aryl methyl sites for hydroxylation is 2. The fourth-order valence-corrected chi connectivity index (χ4v) is 1.91. The van der Waals surface area contributed by atoms with E-state index < -0.39 is 0 Å². The molecule has 2 rings (SSSR count). The SMILES string of the molecule is Cc1cc(COc2ccc(N=C=O)cc2Cl)n(C)n1. The molecule has 0 spiro atoms. The van der Waals surface area contributed by atoms with Gasteiger partial charge in [-0.1, -0.05) is 11.6 Å². The van der Waals surface area contributed by atoms with E-state index in [-0.39, 0.29) is 0 Å². The quantitative estimate of drug-likeness (QED) is 0.638. The van der Waals surface area contributed by atoms with Crippen molar-refractivity contribution in [2.45, 2.75) is 13.5 Å². The number of isocyanates is 1. The van der Waals surface area contributed by atoms with Crippen LogP contribution in [-0.4, -0.2) is 15.9 Å². The normalized spacial score (nSPS) is 10.1. The molecule has 0 N–H and O–H groups in total. The van der Waals surface area contributed by atoms with Crippen LogP contribution in [0.2, 0.25) is 5.02 Å². The maximum atomic E-state index is 10.1. The molecule has 6 heteroatoms. The molecule has 0 amide bonds. The Kier molecular flexibility index (Phi) is 4.00. The molecule has 0 aliphatic carbocycles. The van der Waals surface area contributed by atoms with E-state index in [2.05, 4.69) is 10.1 Å². The highest BCUT2D eigenvalue weighted by Crippen LogP contribution is 2.29. The summed E-state index contributed by atoms with van der Waals surface area (Å²) < 4.78 is 7.38. The molecule has 0 aliphatic rings. The fraction of sp³-hybridized carbons (Fsp3) is 0.231. The average Bonchev–Trinajstić information content (AvgIpc) is 2.67. The van der Waals surface area contributed by atoms with E-state index in [9.17, 15) is 4.79 Å². The summed E-state index contributed by atoms with van der Waals surface area (Å²) in [4.78, 5) is 13.6. The summed E-state index contributed by atoms with van der Waals surface area (Å²) in [5.41, 5.74) is 2.33. The van der Waals surface area contributed by atoms with Gasteiger partial charge in [0.1, 0.15) is 12.4 Å². The molecule has 98 valence electrons. The van der Waals surface area contributed by atoms with Gasteiger partial charge >= 0.3 is 0 Å². The number of rotatable bonds is 4. The topological polar surface area (TPSA) is 56.5 Å². The van der Waals surface area contributed by atoms with Crippen LogP contribution in [0.3, 0.4) is 0 Å². The molecule has 2 aromatic rings. The summed E-state index contributed by atoms with van der Waals surface area (Å²) >= 11 is 6.04. The molecule has 0 atom stereocenters. The lowest BCUT2D eigenvalue weighted by Crippen LogP contribution is -2.03. The number of hydrogen-bond acceptors (Lipinski definition) is 4. The molecule has 0 saturated carbocycles. The van der Waals surface area contributed by atoms with Crippen molar-refractivity contribution in [1.82, 2.24) is 9.78 Å². The molecule has 0 radical (unpaired) electrons. The van der Waals surface area contributed by atoms with E-state index in [0.29, 0.717) is 23.1 Å². The molecular weight excluding hydrogens is 266 g/mol. The Morgan fingerprint density at radius 1 is 1.47 bits per heavy atom. The van der Waals surface area contributed by atoms with Gasteiger partial charge < -0.3 is 4.74 Å². The largest absolute Gasteiger partial charge is 0.486 e. The van der Waals surface area contributed by atoms with Gasteiger partial charge in [0, 0.05) is 7.05 Å². The predicted molar refractivity (Wildman–Crippen MR) is 71.5 cm³/mol. The summed E-state index contributed by atoms with van der Waals surface area (Å²) in [5.74, 6) is 0.533. The minimum absolute atomic E-state index is 0.368. The van der Waals surface area contributed by atoms with Gasteiger partial charge in [-0.2, -0.15) is 10.1 Å². The number of halogens is 1. The number of benzene rings is 1. The summed E-state index contributed by atoms with van der Waals surface area (Å²) in [5, 5.41) is 4.63. The van der Waals surface area contributed by atoms with Crippen molar-refractivity contribution in [2.75, 3.05) is 0 Å². The van der Waals surface area contributed by atoms with Crippen LogP contribution in [0, 0.1) is 6.92 Å². The van der Waals surface area contributed by atoms with Crippen LogP contribution < -0.4 is 4.74 Å². The lowest BCUT2D eigenvalue weighted by molar-refractivity contribution is 0.295. The first-order valence-corrected chi connectivity index (χ1v) is 5.97. The third kappa shape index (κ3) is 3.22. The maximum Gasteiger partial charge on any atom is 0.240 e. The zero-order valence-corrected chi connectivity index (χ0v) is 11.3. The highest BCUT2D eigenvalue weighted by Gasteiger charge is 2.06. The number of aromatic nitrogens is 2. The molecule has 1 aromatic heterocycles. The molecule has 19 heavy (non-hydrogen) atoms. The van der Waals surface area contributed by atoms with Crippen LogP contribution in [0.1, 0.15) is 11.4 Å². The van der Waals surface area contributed by atoms with Crippen molar-refractivity contribution in [2.24, 2.45) is 12.0 Å². The number of ether oxygens (including phenoxy) is 1. The van der Waals surface area contributed by atoms with E-state index in [1.165, 1.54) is 6.08 Å². The second kappa shape index (κ2) is 5.69. The molecule has 1 heterocycles. The summed E-state index contributed by atoms with van der Waals surface area (Å²) in [6.07, 6.45) is 1.46. The first-order valence-electron chi connectivity index (χ1n) is 5.60. The van der Waals surface area contributed by atoms with Gasteiger partial charge in [-0.05, 0) is 31.2 Å². The highest BCUT2D eigenvalue weighted by molar-refractivity contribution is 6.32. The third-order valence-corrected chi connectivity index (χ3v) is 2.86. The Balaban J connectivity index is 2.11. The Hall–Kier alpha value is -2.10. The Bertz CT molecular complexity index is 645. The zero-order chi connectivity index (χ0) is 13.8. The third-order valence-electron chi connectivity index (χ3n) is 2.56. The second-order valence-corrected chi connectivity index (χ2v) is 4.41. The molecule has 0 unspecified atom stereocenters. The van der Waals surface area contributed by atoms with Crippen LogP contribution in [-0.2, 0) is 18.4 Å². The smallest absolute Gasteiger partial charge is 0.240 e. The van der Waals surface area contributed by atoms with E-state index >= 15 is 0 Å². The fourth-order valence-electron chi connectivity index (χ4n) is 1.68. The van der Waals surface area contributed by atoms with E-state index in [4.69, 9.17) is 16.3 Å². The lowest BCUT2D eigenvalue weighted by atomic mass is 10.3. The molecule has 0 fully saturated rings. The predicted octanol–water partition coefficient (Wildman–Crippen LogP) is 2.93. The van der Waals surface area contributed by atoms with Gasteiger partial charge in [-0.15, -0.1) is 0 Å². The minimum atomic E-state index is 0.368. The molecule has 0 saturated heterocycles. The van der Waals surface area contributed by atoms with Gasteiger partial charge in [-0.25, -0.2) is 4.79 Å². The van der Waals surface area contributed by atoms with Crippen molar-refractivity contribution in [3.05, 3.63) is 40.7 Å². The molecule has 0 bridgehead atoms. The van der Waals surface area contributed by atoms with Crippen LogP contribution >= 0.6 is 11.6 Å². The van der Waals surface area contributed by atoms with E-state index in [1.807, 2.05) is 20.0 Å². The van der Waals surface area contributed by atoms with E-state index in [1.54, 1.807) is 22.9 Å². The first-order chi connectivity index (χ1) is 9.10. The second-order valence-electron chi connectivity index (χ2n) is 4.01. The van der Waals surface area contributed by atoms with Crippen molar-refractivity contribution in [3.8, 4) is 5.75 Å². The Morgan fingerprint density at radius 2 is 2.26 bits per heavy atom. The van der Waals surface area contributed by atoms with Gasteiger partial charge in [0.2, 0.25) is 6.08 Å². The van der Waals surface area contributed by atoms with Gasteiger partial charge in [0.15, 0.2) is 0 Å². The van der Waals surface area contributed by atoms with E-state index in [0.717, 1.165) is 11.4 Å². The monoisotopic (exact) mass is 277 g/mol. The van der Waals surface area contributed by atoms with Gasteiger partial charge in [0.25, 0.3) is 0 Å². The first kappa shape index (κ1) is 13.3. The van der Waals surface area contributed by atoms with Crippen molar-refractivity contribution < 1.29 is 9.53 Å². The van der Waals surface area contributed by atoms with Gasteiger partial charge in [-0.3, -0.25) is 4.68 Å². The molecular formula is C13H12ClN3O2. The summed E-state index contributed by atoms with van der Waals surface area (Å²) in [7, 11) is 1.86. The average molecular weight is 278 g/mol. The summed E-state index contributed by atoms with van der Waals surface area (Å²) in [6, 6.07) is 6.80.